The van der Waals surface area contributed by atoms with E-state index in [0.29, 0.717) is 39.5 Å². The first kappa shape index (κ1) is 111. The van der Waals surface area contributed by atoms with Crippen LogP contribution in [0.5, 0.6) is 0 Å². The van der Waals surface area contributed by atoms with Crippen molar-refractivity contribution in [3.8, 4) is 22.5 Å². The minimum atomic E-state index is -4.02. The van der Waals surface area contributed by atoms with Crippen LogP contribution < -0.4 is 73.6 Å². The molecule has 7 aromatic carbocycles. The number of anilines is 2. The zero-order valence-corrected chi connectivity index (χ0v) is 82.8. The van der Waals surface area contributed by atoms with E-state index in [4.69, 9.17) is 25.2 Å². The summed E-state index contributed by atoms with van der Waals surface area (Å²) in [6.07, 6.45) is 33.9. The van der Waals surface area contributed by atoms with Gasteiger partial charge in [0, 0.05) is 99.3 Å². The fraction of sp³-hybridized carbons (Fsp3) is 0.204. The molecule has 0 unspecified atom stereocenters. The molecule has 19 rings (SSSR count). The van der Waals surface area contributed by atoms with E-state index < -0.39 is 34.0 Å². The SMILES string of the molecule is CC(=O)c1ccc2c(c1)C=CC2.CCOC.COC(=O)CC(=O)c1ccc2c(c1)C=CC2.COC(=O)OC.CON(C)C(=O)c1ccc2c(c1)C=CC2.Cc1ccc(S(=O)(=O)O)cc1.Nc1ccc(F)cn1.O=C(O)c1ccc2c(c1)C=CC2.O=c1cc(-c2ccc3c(c2)C=CC3)nc2ccc(F)cn12.O=c1cc(-c2ccc3c(c2)C=CC3)nc2ccc(N3CCNCC3)cn12.[Br-].[CH3-].[H-].[Mg+2].[Na+]. The van der Waals surface area contributed by atoms with E-state index in [1.165, 1.54) is 125 Å². The van der Waals surface area contributed by atoms with E-state index >= 15 is 0 Å². The molecule has 0 atom stereocenters. The van der Waals surface area contributed by atoms with E-state index in [-0.39, 0.29) is 124 Å². The number of pyridine rings is 3. The quantitative estimate of drug-likeness (QED) is 0.0168. The summed E-state index contributed by atoms with van der Waals surface area (Å²) in [6, 6.07) is 53.3. The van der Waals surface area contributed by atoms with Gasteiger partial charge in [0.15, 0.2) is 11.6 Å². The molecular weight excluding hydrogens is 1830 g/mol. The number of nitrogens with one attached hydrogen (secondary N) is 1. The van der Waals surface area contributed by atoms with Crippen molar-refractivity contribution < 1.29 is 127 Å². The maximum absolute atomic E-state index is 13.2. The fourth-order valence-electron chi connectivity index (χ4n) is 13.8. The molecule has 0 bridgehead atoms. The summed E-state index contributed by atoms with van der Waals surface area (Å²) < 4.78 is 74.7. The molecule has 5 N–H and O–H groups in total. The van der Waals surface area contributed by atoms with E-state index in [2.05, 4.69) is 118 Å². The van der Waals surface area contributed by atoms with Crippen LogP contribution in [0, 0.1) is 26.0 Å². The van der Waals surface area contributed by atoms with Gasteiger partial charge in [-0.2, -0.15) is 8.42 Å². The monoisotopic (exact) mass is 1940 g/mol. The number of carboxylic acid groups (broad SMARTS) is 1. The maximum Gasteiger partial charge on any atom is 2.00 e. The number of carbonyl (C=O) groups excluding carboxylic acids is 5. The number of hydroxylamine groups is 2. The third-order valence-electron chi connectivity index (χ3n) is 21.0. The summed E-state index contributed by atoms with van der Waals surface area (Å²) in [5, 5.41) is 13.3. The van der Waals surface area contributed by atoms with Crippen molar-refractivity contribution in [1.29, 1.82) is 0 Å². The third kappa shape index (κ3) is 32.6. The predicted molar refractivity (Wildman–Crippen MR) is 518 cm³/mol. The zero-order valence-electron chi connectivity index (χ0n) is 77.9. The Kier molecular flexibility index (Phi) is 45.0. The molecule has 0 radical (unpaired) electrons. The molecule has 1 fully saturated rings. The first-order valence-electron chi connectivity index (χ1n) is 41.6. The number of piperazine rings is 1. The number of nitrogens with zero attached hydrogens (tertiary/aromatic N) is 7. The van der Waals surface area contributed by atoms with Gasteiger partial charge in [0.25, 0.3) is 27.1 Å². The number of aromatic carboxylic acids is 1. The van der Waals surface area contributed by atoms with E-state index in [9.17, 15) is 55.6 Å². The summed E-state index contributed by atoms with van der Waals surface area (Å²) >= 11 is 0. The number of esters is 1. The number of rotatable bonds is 12. The number of hydrogen-bond donors (Lipinski definition) is 4. The maximum atomic E-state index is 13.2. The number of nitrogen functional groups attached to an aromatic ring is 1. The number of fused-ring (bicyclic) bond motifs is 8. The van der Waals surface area contributed by atoms with E-state index in [1.807, 2.05) is 117 Å². The summed E-state index contributed by atoms with van der Waals surface area (Å²) in [7, 11) is 4.53. The number of amides is 1. The van der Waals surface area contributed by atoms with Gasteiger partial charge in [-0.05, 0) is 223 Å². The molecule has 135 heavy (non-hydrogen) atoms. The summed E-state index contributed by atoms with van der Waals surface area (Å²) in [4.78, 5) is 110. The van der Waals surface area contributed by atoms with Crippen LogP contribution in [0.3, 0.4) is 0 Å². The predicted octanol–water partition coefficient (Wildman–Crippen LogP) is 11.0. The van der Waals surface area contributed by atoms with Gasteiger partial charge in [0.2, 0.25) is 0 Å². The number of carboxylic acids is 1. The van der Waals surface area contributed by atoms with Crippen LogP contribution in [0.25, 0.3) is 70.3 Å². The van der Waals surface area contributed by atoms with Crippen LogP contribution in [0.2, 0.25) is 0 Å². The van der Waals surface area contributed by atoms with Crippen LogP contribution >= 0.6 is 0 Å². The normalized spacial score (nSPS) is 12.3. The van der Waals surface area contributed by atoms with Crippen molar-refractivity contribution in [2.24, 2.45) is 0 Å². The molecule has 32 heteroatoms. The minimum Gasteiger partial charge on any atom is -1.00 e. The standard InChI is InChI=1S/C21H20N4O.C17H11FN2O.C13H12O3.C12H13NO2.C11H10O.C10H8O2.C7H8O3S.C5H5FN2.C3H6O3.C3H8O.CH3.BrH.Mg.Na.H/c26-21-13-19(17-5-4-15-2-1-3-16(15)12-17)23-20-7-6-18(14-25(20)21)24-10-8-22-9-11-24;18-14-6-7-16-19-15(9-17(21)20(16)10-14)13-5-4-11-2-1-3-12(11)8-13;1-16-13(15)8-12(14)11-6-5-9-3-2-4-10(9)7-11;1-13(15-2)12(14)11-7-6-9-4-3-5-10(9)8-11;1-8(12)10-6-5-9-3-2-4-11(9)7-10;11-10(12)9-5-4-7-2-1-3-8(7)6-9;1-6-2-4-7(5-3-6)11(8,9)10;6-4-1-2-5(7)8-3-4;1-5-3(4)6-2;1-3-4-2;;;;;/h1,3-7,12-14,22H,2,8-11H2;1,3-10H,2H2;2,4-7H,3,8H2,1H3;3,5-8H,4H2,1-2H3;2,4-7H,3H2,1H3;1,3-6H,2H2,(H,11,12);2-5H,1H3,(H,8,9,10);1-3H,(H2,7,8);1-2H3;3H2,1-2H3;1H3;1H;;;/q;;;;;;;;;;-1;;+2;+1;-1/p-1. The topological polar surface area (TPSA) is 349 Å². The van der Waals surface area contributed by atoms with Gasteiger partial charge in [-0.15, -0.1) is 0 Å². The van der Waals surface area contributed by atoms with Crippen molar-refractivity contribution >= 4 is 128 Å². The minimum absolute atomic E-state index is 0. The molecule has 26 nitrogen and oxygen atoms in total. The molecule has 694 valence electrons. The largest absolute Gasteiger partial charge is 2.00 e. The van der Waals surface area contributed by atoms with Crippen LogP contribution in [0.15, 0.2) is 252 Å². The van der Waals surface area contributed by atoms with Crippen molar-refractivity contribution in [2.45, 2.75) is 70.6 Å². The first-order valence-corrected chi connectivity index (χ1v) is 43.0. The molecule has 1 aliphatic heterocycles. The molecule has 1 amide bonds. The van der Waals surface area contributed by atoms with Crippen molar-refractivity contribution in [2.75, 3.05) is 86.0 Å². The second kappa shape index (κ2) is 54.7. The van der Waals surface area contributed by atoms with E-state index in [1.54, 1.807) is 61.9 Å². The molecule has 6 aliphatic carbocycles. The Labute approximate surface area is 833 Å². The fourth-order valence-corrected chi connectivity index (χ4v) is 14.3. The number of allylic oxidation sites excluding steroid dienone is 6. The number of Topliss-reactive ketones (excluding diaryl/α,β-unsaturated/α-hetero) is 2. The number of nitrogens with two attached hydrogens (primary N) is 1. The molecule has 5 aromatic heterocycles. The summed E-state index contributed by atoms with van der Waals surface area (Å²) in [5.74, 6) is -2.03. The van der Waals surface area contributed by atoms with Gasteiger partial charge in [0.05, 0.1) is 62.2 Å². The van der Waals surface area contributed by atoms with Crippen molar-refractivity contribution in [3.05, 3.63) is 371 Å². The average Bonchev–Trinajstić information content (AvgIpc) is 1.02. The Bertz CT molecular complexity index is 6530. The number of aromatic nitrogens is 5. The molecule has 7 aliphatic rings. The number of carbonyl (C=O) groups is 6. The van der Waals surface area contributed by atoms with Gasteiger partial charge in [0.1, 0.15) is 35.2 Å². The summed E-state index contributed by atoms with van der Waals surface area (Å²) in [6.45, 7) is 10.1. The van der Waals surface area contributed by atoms with Crippen LogP contribution in [-0.4, -0.2) is 181 Å². The van der Waals surface area contributed by atoms with Crippen molar-refractivity contribution in [1.82, 2.24) is 34.1 Å². The van der Waals surface area contributed by atoms with Gasteiger partial charge >= 0.3 is 70.7 Å². The number of hydrogen-bond acceptors (Lipinski definition) is 21. The Morgan fingerprint density at radius 2 is 0.933 bits per heavy atom. The van der Waals surface area contributed by atoms with Gasteiger partial charge in [-0.1, -0.05) is 151 Å². The Balaban J connectivity index is 0.000000275. The number of aryl methyl sites for hydroxylation is 1. The summed E-state index contributed by atoms with van der Waals surface area (Å²) in [5.41, 5.74) is 28.0. The number of ketones is 2. The average molecular weight is 1940 g/mol. The number of halogens is 3. The van der Waals surface area contributed by atoms with Crippen LogP contribution in [0.1, 0.15) is 135 Å². The Morgan fingerprint density at radius 3 is 1.33 bits per heavy atom. The molecule has 6 heterocycles. The zero-order chi connectivity index (χ0) is 94.3. The van der Waals surface area contributed by atoms with Gasteiger partial charge in [-0.3, -0.25) is 47.0 Å². The number of methoxy groups -OCH3 is 4. The first-order chi connectivity index (χ1) is 63.0. The molecule has 0 spiro atoms. The molecule has 12 aromatic rings. The number of benzene rings is 7. The molecular formula is C103H105BrF2MgN9NaO17S. The second-order valence-corrected chi connectivity index (χ2v) is 31.4. The van der Waals surface area contributed by atoms with Crippen LogP contribution in [0.4, 0.5) is 25.1 Å². The Hall–Kier alpha value is -12.6. The third-order valence-corrected chi connectivity index (χ3v) is 21.9. The Morgan fingerprint density at radius 1 is 0.533 bits per heavy atom. The second-order valence-electron chi connectivity index (χ2n) is 30.0. The van der Waals surface area contributed by atoms with Crippen LogP contribution in [-0.2, 0) is 77.2 Å². The smallest absolute Gasteiger partial charge is 1.00 e. The number of ether oxygens (including phenoxy) is 4. The van der Waals surface area contributed by atoms with Gasteiger partial charge < -0.3 is 65.8 Å². The van der Waals surface area contributed by atoms with E-state index in [0.717, 1.165) is 140 Å². The van der Waals surface area contributed by atoms with Gasteiger partial charge in [-0.25, -0.2) is 38.4 Å². The molecule has 1 saturated heterocycles. The van der Waals surface area contributed by atoms with Crippen molar-refractivity contribution in [3.63, 3.8) is 0 Å². The molecule has 0 saturated carbocycles.